The Kier molecular flexibility index (Phi) is 3.45. The number of hydrogen-bond acceptors (Lipinski definition) is 4. The summed E-state index contributed by atoms with van der Waals surface area (Å²) in [5.41, 5.74) is 2.27. The van der Waals surface area contributed by atoms with Crippen molar-refractivity contribution in [1.82, 2.24) is 9.97 Å². The van der Waals surface area contributed by atoms with E-state index in [1.54, 1.807) is 13.0 Å². The topological polar surface area (TPSA) is 61.6 Å². The van der Waals surface area contributed by atoms with Gasteiger partial charge in [-0.15, -0.1) is 0 Å². The Labute approximate surface area is 110 Å². The molecule has 1 aromatic carbocycles. The van der Waals surface area contributed by atoms with E-state index in [4.69, 9.17) is 16.9 Å². The maximum atomic E-state index is 9.01. The maximum absolute atomic E-state index is 9.01. The highest BCUT2D eigenvalue weighted by molar-refractivity contribution is 6.30. The SMILES string of the molecule is Cc1ncc(C#N)c(Nc2ccc(Cl)cc2C)n1. The van der Waals surface area contributed by atoms with E-state index in [0.717, 1.165) is 11.3 Å². The molecule has 0 atom stereocenters. The highest BCUT2D eigenvalue weighted by Crippen LogP contribution is 2.24. The second-order valence-electron chi connectivity index (χ2n) is 3.88. The van der Waals surface area contributed by atoms with E-state index in [1.165, 1.54) is 6.20 Å². The van der Waals surface area contributed by atoms with Gasteiger partial charge in [-0.1, -0.05) is 11.6 Å². The van der Waals surface area contributed by atoms with E-state index in [9.17, 15) is 0 Å². The van der Waals surface area contributed by atoms with Gasteiger partial charge in [0.05, 0.1) is 6.20 Å². The molecule has 2 aromatic rings. The number of aryl methyl sites for hydroxylation is 2. The van der Waals surface area contributed by atoms with Crippen LogP contribution in [0.5, 0.6) is 0 Å². The van der Waals surface area contributed by atoms with E-state index in [2.05, 4.69) is 21.4 Å². The van der Waals surface area contributed by atoms with E-state index >= 15 is 0 Å². The van der Waals surface area contributed by atoms with Crippen LogP contribution in [0.3, 0.4) is 0 Å². The minimum Gasteiger partial charge on any atom is -0.339 e. The summed E-state index contributed by atoms with van der Waals surface area (Å²) >= 11 is 5.90. The highest BCUT2D eigenvalue weighted by Gasteiger charge is 2.07. The van der Waals surface area contributed by atoms with Crippen molar-refractivity contribution >= 4 is 23.1 Å². The van der Waals surface area contributed by atoms with Gasteiger partial charge in [0, 0.05) is 10.7 Å². The third-order valence-corrected chi connectivity index (χ3v) is 2.71. The van der Waals surface area contributed by atoms with Crippen LogP contribution >= 0.6 is 11.6 Å². The summed E-state index contributed by atoms with van der Waals surface area (Å²) in [7, 11) is 0. The van der Waals surface area contributed by atoms with Gasteiger partial charge in [0.25, 0.3) is 0 Å². The molecular weight excluding hydrogens is 248 g/mol. The van der Waals surface area contributed by atoms with Gasteiger partial charge in [-0.3, -0.25) is 0 Å². The van der Waals surface area contributed by atoms with Crippen molar-refractivity contribution in [1.29, 1.82) is 5.26 Å². The van der Waals surface area contributed by atoms with Crippen LogP contribution in [0.15, 0.2) is 24.4 Å². The van der Waals surface area contributed by atoms with Crippen molar-refractivity contribution in [2.75, 3.05) is 5.32 Å². The smallest absolute Gasteiger partial charge is 0.152 e. The summed E-state index contributed by atoms with van der Waals surface area (Å²) in [6.45, 7) is 3.72. The molecule has 90 valence electrons. The molecule has 0 amide bonds. The van der Waals surface area contributed by atoms with Crippen LogP contribution in [0, 0.1) is 25.2 Å². The highest BCUT2D eigenvalue weighted by atomic mass is 35.5. The lowest BCUT2D eigenvalue weighted by molar-refractivity contribution is 1.05. The molecule has 1 N–H and O–H groups in total. The summed E-state index contributed by atoms with van der Waals surface area (Å²) in [5, 5.41) is 12.8. The zero-order valence-corrected chi connectivity index (χ0v) is 10.8. The molecule has 0 aliphatic carbocycles. The second kappa shape index (κ2) is 5.03. The number of anilines is 2. The Morgan fingerprint density at radius 1 is 1.33 bits per heavy atom. The summed E-state index contributed by atoms with van der Waals surface area (Å²) in [4.78, 5) is 8.22. The minimum atomic E-state index is 0.412. The first kappa shape index (κ1) is 12.3. The van der Waals surface area contributed by atoms with Crippen LogP contribution in [-0.2, 0) is 0 Å². The monoisotopic (exact) mass is 258 g/mol. The third kappa shape index (κ3) is 2.58. The third-order valence-electron chi connectivity index (χ3n) is 2.47. The lowest BCUT2D eigenvalue weighted by Gasteiger charge is -2.10. The number of benzene rings is 1. The first-order valence-electron chi connectivity index (χ1n) is 5.37. The minimum absolute atomic E-state index is 0.412. The fourth-order valence-corrected chi connectivity index (χ4v) is 1.77. The molecule has 0 fully saturated rings. The van der Waals surface area contributed by atoms with Crippen molar-refractivity contribution in [3.63, 3.8) is 0 Å². The zero-order chi connectivity index (χ0) is 13.1. The lowest BCUT2D eigenvalue weighted by atomic mass is 10.2. The Morgan fingerprint density at radius 2 is 2.11 bits per heavy atom. The molecule has 18 heavy (non-hydrogen) atoms. The Hall–Kier alpha value is -2.12. The van der Waals surface area contributed by atoms with Gasteiger partial charge in [-0.05, 0) is 37.6 Å². The molecule has 0 aliphatic rings. The summed E-state index contributed by atoms with van der Waals surface area (Å²) in [5.74, 6) is 1.12. The average Bonchev–Trinajstić information content (AvgIpc) is 2.33. The van der Waals surface area contributed by atoms with Crippen LogP contribution in [0.4, 0.5) is 11.5 Å². The predicted octanol–water partition coefficient (Wildman–Crippen LogP) is 3.36. The first-order chi connectivity index (χ1) is 8.60. The summed E-state index contributed by atoms with van der Waals surface area (Å²) < 4.78 is 0. The quantitative estimate of drug-likeness (QED) is 0.897. The van der Waals surface area contributed by atoms with Crippen LogP contribution in [-0.4, -0.2) is 9.97 Å². The van der Waals surface area contributed by atoms with Gasteiger partial charge in [-0.2, -0.15) is 5.26 Å². The van der Waals surface area contributed by atoms with Crippen LogP contribution in [0.1, 0.15) is 17.0 Å². The molecule has 1 heterocycles. The number of nitriles is 1. The number of nitrogens with one attached hydrogen (secondary N) is 1. The molecule has 0 saturated carbocycles. The van der Waals surface area contributed by atoms with E-state index in [1.807, 2.05) is 19.1 Å². The molecule has 1 aromatic heterocycles. The molecule has 0 bridgehead atoms. The van der Waals surface area contributed by atoms with Crippen LogP contribution < -0.4 is 5.32 Å². The molecular formula is C13H11ClN4. The zero-order valence-electron chi connectivity index (χ0n) is 10.0. The van der Waals surface area contributed by atoms with Crippen LogP contribution in [0.25, 0.3) is 0 Å². The second-order valence-corrected chi connectivity index (χ2v) is 4.31. The number of nitrogens with zero attached hydrogens (tertiary/aromatic N) is 3. The van der Waals surface area contributed by atoms with E-state index in [-0.39, 0.29) is 0 Å². The molecule has 0 saturated heterocycles. The Bertz CT molecular complexity index is 631. The van der Waals surface area contributed by atoms with Crippen LogP contribution in [0.2, 0.25) is 5.02 Å². The Morgan fingerprint density at radius 3 is 2.78 bits per heavy atom. The van der Waals surface area contributed by atoms with Crippen molar-refractivity contribution in [3.8, 4) is 6.07 Å². The van der Waals surface area contributed by atoms with Gasteiger partial charge >= 0.3 is 0 Å². The molecule has 2 rings (SSSR count). The van der Waals surface area contributed by atoms with Gasteiger partial charge in [0.15, 0.2) is 5.82 Å². The van der Waals surface area contributed by atoms with Crippen molar-refractivity contribution < 1.29 is 0 Å². The fraction of sp³-hybridized carbons (Fsp3) is 0.154. The lowest BCUT2D eigenvalue weighted by Crippen LogP contribution is -2.01. The molecule has 0 radical (unpaired) electrons. The van der Waals surface area contributed by atoms with Gasteiger partial charge in [0.1, 0.15) is 17.5 Å². The predicted molar refractivity (Wildman–Crippen MR) is 71.0 cm³/mol. The number of halogens is 1. The van der Waals surface area contributed by atoms with Gasteiger partial charge < -0.3 is 5.32 Å². The molecule has 0 spiro atoms. The molecule has 4 nitrogen and oxygen atoms in total. The standard InChI is InChI=1S/C13H11ClN4/c1-8-5-11(14)3-4-12(8)18-13-10(6-15)7-16-9(2)17-13/h3-5,7H,1-2H3,(H,16,17,18). The molecule has 0 aliphatic heterocycles. The number of aromatic nitrogens is 2. The number of hydrogen-bond donors (Lipinski definition) is 1. The first-order valence-corrected chi connectivity index (χ1v) is 5.75. The Balaban J connectivity index is 2.40. The van der Waals surface area contributed by atoms with Crippen molar-refractivity contribution in [2.45, 2.75) is 13.8 Å². The molecule has 5 heteroatoms. The molecule has 0 unspecified atom stereocenters. The number of rotatable bonds is 2. The van der Waals surface area contributed by atoms with Gasteiger partial charge in [0.2, 0.25) is 0 Å². The largest absolute Gasteiger partial charge is 0.339 e. The van der Waals surface area contributed by atoms with Crippen molar-refractivity contribution in [3.05, 3.63) is 46.4 Å². The van der Waals surface area contributed by atoms with Gasteiger partial charge in [-0.25, -0.2) is 9.97 Å². The maximum Gasteiger partial charge on any atom is 0.152 e. The van der Waals surface area contributed by atoms with E-state index < -0.39 is 0 Å². The normalized spacial score (nSPS) is 9.89. The van der Waals surface area contributed by atoms with E-state index in [0.29, 0.717) is 22.2 Å². The van der Waals surface area contributed by atoms with Crippen molar-refractivity contribution in [2.24, 2.45) is 0 Å². The average molecular weight is 259 g/mol. The fourth-order valence-electron chi connectivity index (χ4n) is 1.54. The summed E-state index contributed by atoms with van der Waals surface area (Å²) in [6, 6.07) is 7.56. The summed E-state index contributed by atoms with van der Waals surface area (Å²) in [6.07, 6.45) is 1.51.